The van der Waals surface area contributed by atoms with Crippen molar-refractivity contribution >= 4 is 40.8 Å². The van der Waals surface area contributed by atoms with Crippen LogP contribution in [0.5, 0.6) is 5.75 Å². The topological polar surface area (TPSA) is 59.4 Å². The van der Waals surface area contributed by atoms with E-state index in [1.54, 1.807) is 36.0 Å². The molecule has 1 unspecified atom stereocenters. The first kappa shape index (κ1) is 22.2. The average molecular weight is 472 g/mol. The molecule has 1 aliphatic rings. The van der Waals surface area contributed by atoms with E-state index < -0.39 is 5.97 Å². The fraction of sp³-hybridized carbons (Fsp3) is 0.143. The van der Waals surface area contributed by atoms with E-state index in [2.05, 4.69) is 23.2 Å². The van der Waals surface area contributed by atoms with Gasteiger partial charge in [0.05, 0.1) is 22.9 Å². The fourth-order valence-corrected chi connectivity index (χ4v) is 5.40. The molecule has 0 aliphatic carbocycles. The van der Waals surface area contributed by atoms with E-state index in [1.807, 2.05) is 36.4 Å². The number of carbonyl (C=O) groups is 1. The van der Waals surface area contributed by atoms with Gasteiger partial charge in [0.2, 0.25) is 0 Å². The normalized spacial score (nSPS) is 14.9. The SMILES string of the molecule is O=C(O)CCSC1c2ccccc2COc2ccc(C=Cc3ccc4c(F)cccc4n3)cc21. The first-order chi connectivity index (χ1) is 16.6. The van der Waals surface area contributed by atoms with Gasteiger partial charge in [-0.15, -0.1) is 11.8 Å². The largest absolute Gasteiger partial charge is 0.489 e. The van der Waals surface area contributed by atoms with Gasteiger partial charge in [-0.1, -0.05) is 42.5 Å². The van der Waals surface area contributed by atoms with Gasteiger partial charge in [0.15, 0.2) is 0 Å². The van der Waals surface area contributed by atoms with Crippen LogP contribution in [0.2, 0.25) is 0 Å². The predicted molar refractivity (Wildman–Crippen MR) is 134 cm³/mol. The molecule has 34 heavy (non-hydrogen) atoms. The first-order valence-electron chi connectivity index (χ1n) is 11.0. The van der Waals surface area contributed by atoms with Gasteiger partial charge >= 0.3 is 5.97 Å². The monoisotopic (exact) mass is 471 g/mol. The number of hydrogen-bond acceptors (Lipinski definition) is 4. The number of fused-ring (bicyclic) bond motifs is 3. The third-order valence-corrected chi connectivity index (χ3v) is 7.07. The van der Waals surface area contributed by atoms with Crippen LogP contribution in [-0.2, 0) is 11.4 Å². The lowest BCUT2D eigenvalue weighted by atomic mass is 9.98. The predicted octanol–water partition coefficient (Wildman–Crippen LogP) is 6.73. The van der Waals surface area contributed by atoms with Crippen LogP contribution in [-0.4, -0.2) is 21.8 Å². The Morgan fingerprint density at radius 3 is 2.82 bits per heavy atom. The number of nitrogens with zero attached hydrogens (tertiary/aromatic N) is 1. The zero-order chi connectivity index (χ0) is 23.5. The number of halogens is 1. The van der Waals surface area contributed by atoms with Crippen molar-refractivity contribution in [1.82, 2.24) is 4.98 Å². The van der Waals surface area contributed by atoms with Crippen molar-refractivity contribution in [3.8, 4) is 5.75 Å². The van der Waals surface area contributed by atoms with E-state index >= 15 is 0 Å². The van der Waals surface area contributed by atoms with Gasteiger partial charge in [0, 0.05) is 16.7 Å². The van der Waals surface area contributed by atoms with E-state index in [9.17, 15) is 9.18 Å². The lowest BCUT2D eigenvalue weighted by Crippen LogP contribution is -2.03. The second-order valence-corrected chi connectivity index (χ2v) is 9.27. The van der Waals surface area contributed by atoms with Crippen molar-refractivity contribution in [2.45, 2.75) is 18.3 Å². The lowest BCUT2D eigenvalue weighted by molar-refractivity contribution is -0.136. The van der Waals surface area contributed by atoms with Gasteiger partial charge in [-0.3, -0.25) is 4.79 Å². The number of ether oxygens (including phenoxy) is 1. The third-order valence-electron chi connectivity index (χ3n) is 5.78. The highest BCUT2D eigenvalue weighted by Crippen LogP contribution is 2.44. The molecule has 1 aliphatic heterocycles. The third kappa shape index (κ3) is 4.68. The maximum absolute atomic E-state index is 13.9. The molecule has 1 atom stereocenters. The molecule has 0 radical (unpaired) electrons. The van der Waals surface area contributed by atoms with Crippen molar-refractivity contribution in [3.63, 3.8) is 0 Å². The standard InChI is InChI=1S/C28H22FNO3S/c29-24-6-3-7-25-22(24)12-11-20(30-25)10-8-18-9-13-26-23(16-18)28(34-15-14-27(31)32)21-5-2-1-4-19(21)17-33-26/h1-13,16,28H,14-15,17H2,(H,31,32). The number of carboxylic acids is 1. The van der Waals surface area contributed by atoms with E-state index in [0.29, 0.717) is 23.3 Å². The molecule has 4 aromatic rings. The summed E-state index contributed by atoms with van der Waals surface area (Å²) in [6.07, 6.45) is 3.99. The molecule has 170 valence electrons. The van der Waals surface area contributed by atoms with Crippen LogP contribution in [0.25, 0.3) is 23.1 Å². The van der Waals surface area contributed by atoms with Crippen LogP contribution in [0.15, 0.2) is 72.8 Å². The summed E-state index contributed by atoms with van der Waals surface area (Å²) in [4.78, 5) is 15.6. The van der Waals surface area contributed by atoms with Gasteiger partial charge < -0.3 is 9.84 Å². The summed E-state index contributed by atoms with van der Waals surface area (Å²) in [5.41, 5.74) is 5.61. The minimum absolute atomic E-state index is 0.0248. The summed E-state index contributed by atoms with van der Waals surface area (Å²) in [6, 6.07) is 22.6. The first-order valence-corrected chi connectivity index (χ1v) is 12.0. The Morgan fingerprint density at radius 2 is 1.94 bits per heavy atom. The number of aromatic nitrogens is 1. The number of pyridine rings is 1. The van der Waals surface area contributed by atoms with Crippen LogP contribution in [0.4, 0.5) is 4.39 Å². The van der Waals surface area contributed by atoms with Crippen LogP contribution in [0.1, 0.15) is 39.6 Å². The van der Waals surface area contributed by atoms with E-state index in [1.165, 1.54) is 6.07 Å². The average Bonchev–Trinajstić information content (AvgIpc) is 2.99. The highest BCUT2D eigenvalue weighted by atomic mass is 32.2. The Hall–Kier alpha value is -3.64. The maximum atomic E-state index is 13.9. The van der Waals surface area contributed by atoms with Gasteiger partial charge in [0.1, 0.15) is 18.2 Å². The Kier molecular flexibility index (Phi) is 6.32. The van der Waals surface area contributed by atoms with Crippen LogP contribution in [0, 0.1) is 5.82 Å². The van der Waals surface area contributed by atoms with Gasteiger partial charge in [-0.25, -0.2) is 9.37 Å². The smallest absolute Gasteiger partial charge is 0.304 e. The second-order valence-electron chi connectivity index (χ2n) is 8.06. The summed E-state index contributed by atoms with van der Waals surface area (Å²) >= 11 is 1.62. The summed E-state index contributed by atoms with van der Waals surface area (Å²) in [5.74, 6) is 0.231. The molecule has 0 bridgehead atoms. The molecule has 0 saturated carbocycles. The van der Waals surface area contributed by atoms with Crippen molar-refractivity contribution in [1.29, 1.82) is 0 Å². The highest BCUT2D eigenvalue weighted by molar-refractivity contribution is 7.99. The minimum Gasteiger partial charge on any atom is -0.489 e. The number of rotatable bonds is 6. The van der Waals surface area contributed by atoms with Crippen LogP contribution in [0.3, 0.4) is 0 Å². The molecule has 0 saturated heterocycles. The van der Waals surface area contributed by atoms with Crippen molar-refractivity contribution in [2.24, 2.45) is 0 Å². The van der Waals surface area contributed by atoms with Crippen molar-refractivity contribution in [2.75, 3.05) is 5.75 Å². The van der Waals surface area contributed by atoms with E-state index in [4.69, 9.17) is 9.84 Å². The zero-order valence-electron chi connectivity index (χ0n) is 18.3. The molecule has 0 spiro atoms. The quantitative estimate of drug-likeness (QED) is 0.338. The molecular weight excluding hydrogens is 449 g/mol. The number of hydrogen-bond donors (Lipinski definition) is 1. The Morgan fingerprint density at radius 1 is 1.06 bits per heavy atom. The highest BCUT2D eigenvalue weighted by Gasteiger charge is 2.25. The zero-order valence-corrected chi connectivity index (χ0v) is 19.1. The lowest BCUT2D eigenvalue weighted by Gasteiger charge is -2.19. The van der Waals surface area contributed by atoms with Gasteiger partial charge in [-0.05, 0) is 59.2 Å². The number of aliphatic carboxylic acids is 1. The van der Waals surface area contributed by atoms with Crippen molar-refractivity contribution < 1.29 is 19.0 Å². The van der Waals surface area contributed by atoms with Crippen LogP contribution < -0.4 is 4.74 Å². The van der Waals surface area contributed by atoms with E-state index in [0.717, 1.165) is 33.7 Å². The summed E-state index contributed by atoms with van der Waals surface area (Å²) in [7, 11) is 0. The molecule has 0 amide bonds. The summed E-state index contributed by atoms with van der Waals surface area (Å²) in [6.45, 7) is 0.478. The van der Waals surface area contributed by atoms with Gasteiger partial charge in [-0.2, -0.15) is 0 Å². The maximum Gasteiger partial charge on any atom is 0.304 e. The van der Waals surface area contributed by atoms with E-state index in [-0.39, 0.29) is 17.5 Å². The summed E-state index contributed by atoms with van der Waals surface area (Å²) < 4.78 is 20.0. The molecule has 6 heteroatoms. The van der Waals surface area contributed by atoms with Crippen molar-refractivity contribution in [3.05, 3.63) is 107 Å². The second kappa shape index (κ2) is 9.69. The molecule has 5 rings (SSSR count). The summed E-state index contributed by atoms with van der Waals surface area (Å²) in [5, 5.41) is 9.60. The van der Waals surface area contributed by atoms with Crippen LogP contribution >= 0.6 is 11.8 Å². The molecule has 4 nitrogen and oxygen atoms in total. The minimum atomic E-state index is -0.801. The Labute approximate surface area is 201 Å². The Bertz CT molecular complexity index is 1400. The molecule has 1 aromatic heterocycles. The molecule has 0 fully saturated rings. The number of benzene rings is 3. The van der Waals surface area contributed by atoms with Gasteiger partial charge in [0.25, 0.3) is 0 Å². The molecular formula is C28H22FNO3S. The number of thioether (sulfide) groups is 1. The molecule has 2 heterocycles. The fourth-order valence-electron chi connectivity index (χ4n) is 4.10. The molecule has 3 aromatic carbocycles. The molecule has 1 N–H and O–H groups in total. The Balaban J connectivity index is 1.47. The number of carboxylic acid groups (broad SMARTS) is 1.